The topological polar surface area (TPSA) is 0 Å². The van der Waals surface area contributed by atoms with Crippen molar-refractivity contribution in [2.24, 2.45) is 5.92 Å². The van der Waals surface area contributed by atoms with Crippen LogP contribution in [0.3, 0.4) is 0 Å². The van der Waals surface area contributed by atoms with Crippen molar-refractivity contribution in [1.29, 1.82) is 0 Å². The Kier molecular flexibility index (Phi) is 9.37. The maximum atomic E-state index is 2.39. The summed E-state index contributed by atoms with van der Waals surface area (Å²) in [5.74, 6) is 0.880. The zero-order valence-electron chi connectivity index (χ0n) is 12.0. The Bertz CT molecular complexity index is 216. The van der Waals surface area contributed by atoms with Crippen LogP contribution < -0.4 is 0 Å². The van der Waals surface area contributed by atoms with Gasteiger partial charge in [-0.15, -0.1) is 0 Å². The summed E-state index contributed by atoms with van der Waals surface area (Å²) in [4.78, 5) is 0. The van der Waals surface area contributed by atoms with E-state index in [0.717, 1.165) is 5.92 Å². The zero-order valence-corrected chi connectivity index (χ0v) is 12.0. The van der Waals surface area contributed by atoms with Gasteiger partial charge in [-0.25, -0.2) is 0 Å². The summed E-state index contributed by atoms with van der Waals surface area (Å²) in [6.07, 6.45) is 12.5. The first-order chi connectivity index (χ1) is 7.56. The molecule has 94 valence electrons. The van der Waals surface area contributed by atoms with E-state index in [4.69, 9.17) is 0 Å². The number of allylic oxidation sites excluding steroid dienone is 4. The summed E-state index contributed by atoms with van der Waals surface area (Å²) in [6.45, 7) is 11.2. The SMILES string of the molecule is CCC=C(C)CCCC(C)CCC=C(C)C. The molecule has 1 atom stereocenters. The van der Waals surface area contributed by atoms with Crippen molar-refractivity contribution in [2.75, 3.05) is 0 Å². The molecular weight excluding hydrogens is 192 g/mol. The van der Waals surface area contributed by atoms with E-state index in [1.54, 1.807) is 5.57 Å². The molecule has 0 bridgehead atoms. The van der Waals surface area contributed by atoms with Crippen molar-refractivity contribution in [2.45, 2.75) is 73.1 Å². The Balaban J connectivity index is 3.54. The van der Waals surface area contributed by atoms with Crippen molar-refractivity contribution in [3.63, 3.8) is 0 Å². The summed E-state index contributed by atoms with van der Waals surface area (Å²) >= 11 is 0. The van der Waals surface area contributed by atoms with Gasteiger partial charge in [0.25, 0.3) is 0 Å². The molecule has 0 fully saturated rings. The highest BCUT2D eigenvalue weighted by molar-refractivity contribution is 4.97. The minimum Gasteiger partial charge on any atom is -0.0859 e. The fourth-order valence-electron chi connectivity index (χ4n) is 1.98. The lowest BCUT2D eigenvalue weighted by molar-refractivity contribution is 0.478. The number of hydrogen-bond donors (Lipinski definition) is 0. The van der Waals surface area contributed by atoms with Gasteiger partial charge in [-0.05, 0) is 58.8 Å². The van der Waals surface area contributed by atoms with Crippen molar-refractivity contribution in [3.05, 3.63) is 23.3 Å². The van der Waals surface area contributed by atoms with Gasteiger partial charge < -0.3 is 0 Å². The molecule has 0 aliphatic heterocycles. The van der Waals surface area contributed by atoms with Gasteiger partial charge in [-0.2, -0.15) is 0 Å². The zero-order chi connectivity index (χ0) is 12.4. The number of hydrogen-bond acceptors (Lipinski definition) is 0. The predicted octanol–water partition coefficient (Wildman–Crippen LogP) is 5.90. The molecule has 0 N–H and O–H groups in total. The van der Waals surface area contributed by atoms with Gasteiger partial charge in [-0.1, -0.05) is 43.6 Å². The number of rotatable bonds is 8. The minimum atomic E-state index is 0.880. The average molecular weight is 222 g/mol. The van der Waals surface area contributed by atoms with Gasteiger partial charge in [0.05, 0.1) is 0 Å². The van der Waals surface area contributed by atoms with Crippen LogP contribution in [0, 0.1) is 5.92 Å². The van der Waals surface area contributed by atoms with Gasteiger partial charge in [0.2, 0.25) is 0 Å². The van der Waals surface area contributed by atoms with Gasteiger partial charge >= 0.3 is 0 Å². The lowest BCUT2D eigenvalue weighted by Gasteiger charge is -2.10. The lowest BCUT2D eigenvalue weighted by Crippen LogP contribution is -1.94. The van der Waals surface area contributed by atoms with E-state index in [2.05, 4.69) is 46.8 Å². The predicted molar refractivity (Wildman–Crippen MR) is 75.7 cm³/mol. The second-order valence-electron chi connectivity index (χ2n) is 5.31. The Morgan fingerprint density at radius 3 is 2.31 bits per heavy atom. The molecule has 0 aromatic carbocycles. The van der Waals surface area contributed by atoms with E-state index in [1.807, 2.05) is 0 Å². The van der Waals surface area contributed by atoms with E-state index in [1.165, 1.54) is 44.1 Å². The van der Waals surface area contributed by atoms with E-state index in [9.17, 15) is 0 Å². The molecule has 0 radical (unpaired) electrons. The Labute approximate surface area is 103 Å². The molecule has 0 heterocycles. The van der Waals surface area contributed by atoms with Gasteiger partial charge in [0, 0.05) is 0 Å². The first-order valence-corrected chi connectivity index (χ1v) is 6.85. The van der Waals surface area contributed by atoms with Crippen LogP contribution in [0.1, 0.15) is 73.1 Å². The van der Waals surface area contributed by atoms with Crippen LogP contribution in [0.4, 0.5) is 0 Å². The molecule has 0 nitrogen and oxygen atoms in total. The van der Waals surface area contributed by atoms with Crippen LogP contribution >= 0.6 is 0 Å². The van der Waals surface area contributed by atoms with Crippen LogP contribution in [0.2, 0.25) is 0 Å². The molecule has 0 amide bonds. The first-order valence-electron chi connectivity index (χ1n) is 6.85. The minimum absolute atomic E-state index is 0.880. The maximum absolute atomic E-state index is 2.39. The van der Waals surface area contributed by atoms with Gasteiger partial charge in [-0.3, -0.25) is 0 Å². The molecule has 1 unspecified atom stereocenters. The molecule has 0 heteroatoms. The molecular formula is C16H30. The highest BCUT2D eigenvalue weighted by Crippen LogP contribution is 2.17. The van der Waals surface area contributed by atoms with E-state index in [0.29, 0.717) is 0 Å². The quantitative estimate of drug-likeness (QED) is 0.449. The van der Waals surface area contributed by atoms with Crippen LogP contribution in [0.15, 0.2) is 23.3 Å². The third-order valence-corrected chi connectivity index (χ3v) is 3.03. The summed E-state index contributed by atoms with van der Waals surface area (Å²) in [7, 11) is 0. The molecule has 0 aromatic heterocycles. The van der Waals surface area contributed by atoms with Crippen molar-refractivity contribution < 1.29 is 0 Å². The Morgan fingerprint density at radius 1 is 1.06 bits per heavy atom. The summed E-state index contributed by atoms with van der Waals surface area (Å²) < 4.78 is 0. The largest absolute Gasteiger partial charge is 0.0859 e. The molecule has 0 spiro atoms. The van der Waals surface area contributed by atoms with Crippen molar-refractivity contribution in [1.82, 2.24) is 0 Å². The third-order valence-electron chi connectivity index (χ3n) is 3.03. The highest BCUT2D eigenvalue weighted by Gasteiger charge is 2.01. The Hall–Kier alpha value is -0.520. The fourth-order valence-corrected chi connectivity index (χ4v) is 1.98. The van der Waals surface area contributed by atoms with Crippen LogP contribution in [0.5, 0.6) is 0 Å². The van der Waals surface area contributed by atoms with Crippen molar-refractivity contribution in [3.8, 4) is 0 Å². The molecule has 0 aromatic rings. The van der Waals surface area contributed by atoms with Crippen LogP contribution in [-0.4, -0.2) is 0 Å². The second-order valence-corrected chi connectivity index (χ2v) is 5.31. The summed E-state index contributed by atoms with van der Waals surface area (Å²) in [5, 5.41) is 0. The summed E-state index contributed by atoms with van der Waals surface area (Å²) in [6, 6.07) is 0. The average Bonchev–Trinajstić information content (AvgIpc) is 2.17. The monoisotopic (exact) mass is 222 g/mol. The molecule has 16 heavy (non-hydrogen) atoms. The normalized spacial score (nSPS) is 13.7. The summed E-state index contributed by atoms with van der Waals surface area (Å²) in [5.41, 5.74) is 3.02. The van der Waals surface area contributed by atoms with E-state index < -0.39 is 0 Å². The second kappa shape index (κ2) is 9.69. The van der Waals surface area contributed by atoms with E-state index in [-0.39, 0.29) is 0 Å². The molecule has 0 rings (SSSR count). The first kappa shape index (κ1) is 15.5. The Morgan fingerprint density at radius 2 is 1.75 bits per heavy atom. The molecule has 0 aliphatic carbocycles. The highest BCUT2D eigenvalue weighted by atomic mass is 14.1. The fraction of sp³-hybridized carbons (Fsp3) is 0.750. The van der Waals surface area contributed by atoms with Gasteiger partial charge in [0.1, 0.15) is 0 Å². The molecule has 0 aliphatic rings. The van der Waals surface area contributed by atoms with Crippen LogP contribution in [0.25, 0.3) is 0 Å². The van der Waals surface area contributed by atoms with E-state index >= 15 is 0 Å². The lowest BCUT2D eigenvalue weighted by atomic mass is 9.96. The van der Waals surface area contributed by atoms with Gasteiger partial charge in [0.15, 0.2) is 0 Å². The van der Waals surface area contributed by atoms with Crippen molar-refractivity contribution >= 4 is 0 Å². The smallest absolute Gasteiger partial charge is 0.0323 e. The van der Waals surface area contributed by atoms with Crippen LogP contribution in [-0.2, 0) is 0 Å². The molecule has 0 saturated heterocycles. The maximum Gasteiger partial charge on any atom is -0.0323 e. The standard InChI is InChI=1S/C16H30/c1-6-9-15(4)12-8-13-16(5)11-7-10-14(2)3/h9-10,16H,6-8,11-13H2,1-5H3. The third kappa shape index (κ3) is 10.0. The molecule has 0 saturated carbocycles.